The third-order valence-corrected chi connectivity index (χ3v) is 3.63. The highest BCUT2D eigenvalue weighted by Crippen LogP contribution is 2.30. The van der Waals surface area contributed by atoms with Crippen molar-refractivity contribution in [1.82, 2.24) is 9.88 Å². The lowest BCUT2D eigenvalue weighted by molar-refractivity contribution is -0.132. The minimum absolute atomic E-state index is 0.165. The Labute approximate surface area is 115 Å². The molecule has 0 spiro atoms. The molecule has 4 nitrogen and oxygen atoms in total. The van der Waals surface area contributed by atoms with Crippen LogP contribution in [0, 0.1) is 0 Å². The number of amides is 1. The molecule has 1 aliphatic heterocycles. The molecular weight excluding hydrogens is 238 g/mol. The lowest BCUT2D eigenvalue weighted by Crippen LogP contribution is -2.36. The molecule has 1 atom stereocenters. The Bertz CT molecular complexity index is 416. The van der Waals surface area contributed by atoms with E-state index in [2.05, 4.69) is 23.3 Å². The Balaban J connectivity index is 2.09. The summed E-state index contributed by atoms with van der Waals surface area (Å²) in [7, 11) is 0. The summed E-state index contributed by atoms with van der Waals surface area (Å²) in [5.74, 6) is 1.08. The van der Waals surface area contributed by atoms with E-state index < -0.39 is 0 Å². The lowest BCUT2D eigenvalue weighted by atomic mass is 9.96. The first-order valence-corrected chi connectivity index (χ1v) is 7.19. The Morgan fingerprint density at radius 1 is 1.47 bits per heavy atom. The van der Waals surface area contributed by atoms with Gasteiger partial charge < -0.3 is 10.2 Å². The number of carbonyl (C=O) groups is 1. The van der Waals surface area contributed by atoms with Gasteiger partial charge in [-0.3, -0.25) is 4.79 Å². The van der Waals surface area contributed by atoms with Gasteiger partial charge in [0.25, 0.3) is 0 Å². The highest BCUT2D eigenvalue weighted by atomic mass is 16.2. The maximum absolute atomic E-state index is 11.7. The molecule has 4 heteroatoms. The molecule has 1 saturated heterocycles. The van der Waals surface area contributed by atoms with E-state index in [1.807, 2.05) is 17.2 Å². The number of likely N-dealkylation sites (tertiary alicyclic amines) is 1. The van der Waals surface area contributed by atoms with Gasteiger partial charge in [-0.25, -0.2) is 4.98 Å². The molecule has 2 heterocycles. The number of aromatic nitrogens is 1. The number of piperidine rings is 1. The first kappa shape index (κ1) is 13.8. The molecule has 1 aromatic rings. The van der Waals surface area contributed by atoms with Gasteiger partial charge in [0.05, 0.1) is 6.04 Å². The minimum atomic E-state index is 0.165. The number of anilines is 1. The summed E-state index contributed by atoms with van der Waals surface area (Å²) in [6, 6.07) is 4.31. The number of nitrogens with one attached hydrogen (secondary N) is 1. The Kier molecular flexibility index (Phi) is 4.77. The molecule has 104 valence electrons. The molecule has 0 aromatic carbocycles. The van der Waals surface area contributed by atoms with Gasteiger partial charge in [0, 0.05) is 26.2 Å². The zero-order valence-electron chi connectivity index (χ0n) is 11.9. The zero-order valence-corrected chi connectivity index (χ0v) is 11.9. The van der Waals surface area contributed by atoms with Crippen LogP contribution in [0.1, 0.15) is 51.1 Å². The molecule has 2 rings (SSSR count). The van der Waals surface area contributed by atoms with Crippen molar-refractivity contribution in [1.29, 1.82) is 0 Å². The van der Waals surface area contributed by atoms with Crippen molar-refractivity contribution < 1.29 is 4.79 Å². The number of nitrogens with zero attached hydrogens (tertiary/aromatic N) is 2. The monoisotopic (exact) mass is 261 g/mol. The van der Waals surface area contributed by atoms with Crippen molar-refractivity contribution in [3.8, 4) is 0 Å². The summed E-state index contributed by atoms with van der Waals surface area (Å²) in [6.45, 7) is 5.60. The van der Waals surface area contributed by atoms with Crippen LogP contribution in [0.2, 0.25) is 0 Å². The summed E-state index contributed by atoms with van der Waals surface area (Å²) in [4.78, 5) is 18.1. The van der Waals surface area contributed by atoms with Crippen LogP contribution in [0.3, 0.4) is 0 Å². The maximum atomic E-state index is 11.7. The Hall–Kier alpha value is -1.58. The summed E-state index contributed by atoms with van der Waals surface area (Å²) < 4.78 is 0. The first-order chi connectivity index (χ1) is 9.22. The van der Waals surface area contributed by atoms with Crippen molar-refractivity contribution in [3.05, 3.63) is 23.9 Å². The van der Waals surface area contributed by atoms with Gasteiger partial charge in [0.15, 0.2) is 0 Å². The third kappa shape index (κ3) is 3.46. The molecule has 1 fully saturated rings. The van der Waals surface area contributed by atoms with Crippen LogP contribution < -0.4 is 5.32 Å². The number of rotatable bonds is 4. The third-order valence-electron chi connectivity index (χ3n) is 3.63. The van der Waals surface area contributed by atoms with Crippen molar-refractivity contribution >= 4 is 11.7 Å². The SMILES string of the molecule is CCCNc1ccc(C2CCCCN2C(C)=O)cn1. The van der Waals surface area contributed by atoms with Gasteiger partial charge in [-0.15, -0.1) is 0 Å². The van der Waals surface area contributed by atoms with E-state index in [4.69, 9.17) is 0 Å². The van der Waals surface area contributed by atoms with Gasteiger partial charge in [0.1, 0.15) is 5.82 Å². The molecule has 0 radical (unpaired) electrons. The quantitative estimate of drug-likeness (QED) is 0.906. The lowest BCUT2D eigenvalue weighted by Gasteiger charge is -2.35. The highest BCUT2D eigenvalue weighted by Gasteiger charge is 2.25. The molecule has 1 aromatic heterocycles. The normalized spacial score (nSPS) is 19.3. The van der Waals surface area contributed by atoms with Crippen molar-refractivity contribution in [2.45, 2.75) is 45.6 Å². The van der Waals surface area contributed by atoms with E-state index in [9.17, 15) is 4.79 Å². The second-order valence-corrected chi connectivity index (χ2v) is 5.13. The summed E-state index contributed by atoms with van der Waals surface area (Å²) in [5, 5.41) is 3.27. The van der Waals surface area contributed by atoms with E-state index in [0.717, 1.165) is 43.7 Å². The summed E-state index contributed by atoms with van der Waals surface area (Å²) >= 11 is 0. The van der Waals surface area contributed by atoms with Crippen molar-refractivity contribution in [2.24, 2.45) is 0 Å². The van der Waals surface area contributed by atoms with Gasteiger partial charge in [-0.05, 0) is 37.3 Å². The molecule has 0 saturated carbocycles. The summed E-state index contributed by atoms with van der Waals surface area (Å²) in [6.07, 6.45) is 6.33. The van der Waals surface area contributed by atoms with E-state index in [0.29, 0.717) is 0 Å². The molecule has 1 unspecified atom stereocenters. The Morgan fingerprint density at radius 3 is 2.95 bits per heavy atom. The van der Waals surface area contributed by atoms with Crippen LogP contribution in [-0.2, 0) is 4.79 Å². The first-order valence-electron chi connectivity index (χ1n) is 7.19. The standard InChI is InChI=1S/C15H23N3O/c1-3-9-16-15-8-7-13(11-17-15)14-6-4-5-10-18(14)12(2)19/h7-8,11,14H,3-6,9-10H2,1-2H3,(H,16,17). The van der Waals surface area contributed by atoms with Crippen molar-refractivity contribution in [2.75, 3.05) is 18.4 Å². The molecule has 1 amide bonds. The predicted molar refractivity (Wildman–Crippen MR) is 77.0 cm³/mol. The number of hydrogen-bond acceptors (Lipinski definition) is 3. The fraction of sp³-hybridized carbons (Fsp3) is 0.600. The average molecular weight is 261 g/mol. The van der Waals surface area contributed by atoms with Gasteiger partial charge in [-0.2, -0.15) is 0 Å². The maximum Gasteiger partial charge on any atom is 0.219 e. The Morgan fingerprint density at radius 2 is 2.32 bits per heavy atom. The van der Waals surface area contributed by atoms with E-state index in [1.54, 1.807) is 6.92 Å². The molecule has 1 N–H and O–H groups in total. The van der Waals surface area contributed by atoms with Crippen molar-refractivity contribution in [3.63, 3.8) is 0 Å². The van der Waals surface area contributed by atoms with E-state index in [1.165, 1.54) is 6.42 Å². The second-order valence-electron chi connectivity index (χ2n) is 5.13. The van der Waals surface area contributed by atoms with Crippen LogP contribution in [0.5, 0.6) is 0 Å². The number of pyridine rings is 1. The predicted octanol–water partition coefficient (Wildman–Crippen LogP) is 2.98. The van der Waals surface area contributed by atoms with E-state index >= 15 is 0 Å². The van der Waals surface area contributed by atoms with E-state index in [-0.39, 0.29) is 11.9 Å². The van der Waals surface area contributed by atoms with Crippen LogP contribution in [0.4, 0.5) is 5.82 Å². The molecular formula is C15H23N3O. The number of hydrogen-bond donors (Lipinski definition) is 1. The molecule has 0 aliphatic carbocycles. The molecule has 0 bridgehead atoms. The van der Waals surface area contributed by atoms with Crippen LogP contribution in [0.15, 0.2) is 18.3 Å². The zero-order chi connectivity index (χ0) is 13.7. The molecule has 19 heavy (non-hydrogen) atoms. The van der Waals surface area contributed by atoms with Gasteiger partial charge in [-0.1, -0.05) is 13.0 Å². The topological polar surface area (TPSA) is 45.2 Å². The largest absolute Gasteiger partial charge is 0.370 e. The highest BCUT2D eigenvalue weighted by molar-refractivity contribution is 5.74. The van der Waals surface area contributed by atoms with Crippen LogP contribution in [-0.4, -0.2) is 28.9 Å². The molecule has 1 aliphatic rings. The van der Waals surface area contributed by atoms with Crippen LogP contribution >= 0.6 is 0 Å². The average Bonchev–Trinajstić information content (AvgIpc) is 2.45. The summed E-state index contributed by atoms with van der Waals surface area (Å²) in [5.41, 5.74) is 1.15. The van der Waals surface area contributed by atoms with Gasteiger partial charge in [0.2, 0.25) is 5.91 Å². The minimum Gasteiger partial charge on any atom is -0.370 e. The number of carbonyl (C=O) groups excluding carboxylic acids is 1. The van der Waals surface area contributed by atoms with Crippen LogP contribution in [0.25, 0.3) is 0 Å². The second kappa shape index (κ2) is 6.55. The smallest absolute Gasteiger partial charge is 0.219 e. The van der Waals surface area contributed by atoms with Gasteiger partial charge >= 0.3 is 0 Å². The fourth-order valence-electron chi connectivity index (χ4n) is 2.62. The fourth-order valence-corrected chi connectivity index (χ4v) is 2.62.